The van der Waals surface area contributed by atoms with Gasteiger partial charge in [-0.15, -0.1) is 0 Å². The second kappa shape index (κ2) is 6.90. The SMILES string of the molecule is C[As][C@H]1CCN(c2ccnc(NCc3ccccn3)n2)C1. The van der Waals surface area contributed by atoms with Crippen LogP contribution >= 0.6 is 0 Å². The molecular weight excluding hydrogens is 325 g/mol. The third kappa shape index (κ3) is 3.73. The first-order chi connectivity index (χ1) is 10.3. The van der Waals surface area contributed by atoms with E-state index in [-0.39, 0.29) is 0 Å². The van der Waals surface area contributed by atoms with Crippen molar-refractivity contribution in [2.45, 2.75) is 23.4 Å². The van der Waals surface area contributed by atoms with E-state index >= 15 is 0 Å². The normalized spacial score (nSPS) is 18.5. The van der Waals surface area contributed by atoms with Crippen molar-refractivity contribution >= 4 is 27.5 Å². The summed E-state index contributed by atoms with van der Waals surface area (Å²) in [6.45, 7) is 2.91. The number of aromatic nitrogens is 3. The van der Waals surface area contributed by atoms with Crippen LogP contribution in [-0.4, -0.2) is 43.8 Å². The summed E-state index contributed by atoms with van der Waals surface area (Å²) >= 11 is 0.465. The molecule has 0 aromatic carbocycles. The predicted octanol–water partition coefficient (Wildman–Crippen LogP) is 2.23. The Kier molecular flexibility index (Phi) is 4.71. The van der Waals surface area contributed by atoms with E-state index in [0.717, 1.165) is 29.3 Å². The quantitative estimate of drug-likeness (QED) is 0.843. The van der Waals surface area contributed by atoms with Crippen molar-refractivity contribution in [2.24, 2.45) is 0 Å². The maximum atomic E-state index is 4.62. The first-order valence-electron chi connectivity index (χ1n) is 7.16. The Morgan fingerprint density at radius 2 is 2.24 bits per heavy atom. The van der Waals surface area contributed by atoms with Crippen LogP contribution in [0.15, 0.2) is 36.7 Å². The van der Waals surface area contributed by atoms with Gasteiger partial charge in [0.15, 0.2) is 0 Å². The first-order valence-corrected chi connectivity index (χ1v) is 10.1. The van der Waals surface area contributed by atoms with E-state index in [1.807, 2.05) is 30.5 Å². The summed E-state index contributed by atoms with van der Waals surface area (Å²) in [6.07, 6.45) is 4.93. The summed E-state index contributed by atoms with van der Waals surface area (Å²) in [6, 6.07) is 7.90. The van der Waals surface area contributed by atoms with Gasteiger partial charge in [0.05, 0.1) is 0 Å². The average Bonchev–Trinajstić information content (AvgIpc) is 3.03. The van der Waals surface area contributed by atoms with E-state index in [9.17, 15) is 0 Å². The molecule has 21 heavy (non-hydrogen) atoms. The Hall–Kier alpha value is -1.61. The zero-order valence-corrected chi connectivity index (χ0v) is 14.0. The average molecular weight is 344 g/mol. The first kappa shape index (κ1) is 14.3. The number of nitrogens with zero attached hydrogens (tertiary/aromatic N) is 4. The number of nitrogens with one attached hydrogen (secondary N) is 1. The Labute approximate surface area is 131 Å². The van der Waals surface area contributed by atoms with Crippen LogP contribution in [0.4, 0.5) is 11.8 Å². The molecule has 0 unspecified atom stereocenters. The minimum atomic E-state index is 0.465. The second-order valence-corrected chi connectivity index (χ2v) is 7.68. The molecular formula is C15H19AsN5. The van der Waals surface area contributed by atoms with Gasteiger partial charge in [0.2, 0.25) is 0 Å². The van der Waals surface area contributed by atoms with Gasteiger partial charge in [0.1, 0.15) is 0 Å². The molecule has 2 aromatic heterocycles. The molecule has 3 heterocycles. The number of rotatable bonds is 5. The van der Waals surface area contributed by atoms with Crippen LogP contribution in [0.3, 0.4) is 0 Å². The van der Waals surface area contributed by atoms with Crippen molar-refractivity contribution in [3.63, 3.8) is 0 Å². The molecule has 0 amide bonds. The fourth-order valence-corrected chi connectivity index (χ4v) is 3.98. The molecule has 1 fully saturated rings. The van der Waals surface area contributed by atoms with E-state index in [2.05, 4.69) is 30.9 Å². The Morgan fingerprint density at radius 3 is 3.00 bits per heavy atom. The monoisotopic (exact) mass is 344 g/mol. The molecule has 1 N–H and O–H groups in total. The molecule has 6 heteroatoms. The molecule has 1 atom stereocenters. The summed E-state index contributed by atoms with van der Waals surface area (Å²) in [5, 5.41) is 3.24. The van der Waals surface area contributed by atoms with E-state index in [4.69, 9.17) is 0 Å². The predicted molar refractivity (Wildman–Crippen MR) is 85.8 cm³/mol. The zero-order valence-electron chi connectivity index (χ0n) is 12.1. The van der Waals surface area contributed by atoms with E-state index in [1.165, 1.54) is 6.42 Å². The van der Waals surface area contributed by atoms with Crippen molar-refractivity contribution in [3.8, 4) is 0 Å². The number of anilines is 2. The van der Waals surface area contributed by atoms with Gasteiger partial charge in [0, 0.05) is 0 Å². The van der Waals surface area contributed by atoms with Gasteiger partial charge in [-0.05, 0) is 0 Å². The van der Waals surface area contributed by atoms with Crippen LogP contribution in [0, 0.1) is 0 Å². The summed E-state index contributed by atoms with van der Waals surface area (Å²) in [7, 11) is 0. The van der Waals surface area contributed by atoms with Crippen LogP contribution in [0.1, 0.15) is 12.1 Å². The van der Waals surface area contributed by atoms with Gasteiger partial charge in [-0.3, -0.25) is 0 Å². The molecule has 0 bridgehead atoms. The van der Waals surface area contributed by atoms with Crippen LogP contribution in [0.2, 0.25) is 10.4 Å². The molecule has 1 aliphatic rings. The van der Waals surface area contributed by atoms with E-state index in [1.54, 1.807) is 6.20 Å². The maximum absolute atomic E-state index is 4.62. The van der Waals surface area contributed by atoms with Crippen molar-refractivity contribution in [3.05, 3.63) is 42.4 Å². The van der Waals surface area contributed by atoms with Crippen LogP contribution < -0.4 is 10.2 Å². The standard InChI is InChI=1S/C15H19AsN5/c1-16-12-6-9-21(11-12)14-5-8-18-15(20-14)19-10-13-4-2-3-7-17-13/h2-5,7-8,12H,6,9-11H2,1H3,(H,18,19,20)/t12-/m0/s1. The zero-order chi connectivity index (χ0) is 14.5. The Morgan fingerprint density at radius 1 is 1.29 bits per heavy atom. The molecule has 0 saturated carbocycles. The van der Waals surface area contributed by atoms with Gasteiger partial charge in [0.25, 0.3) is 0 Å². The summed E-state index contributed by atoms with van der Waals surface area (Å²) in [5.41, 5.74) is 3.34. The molecule has 0 aliphatic carbocycles. The fourth-order valence-electron chi connectivity index (χ4n) is 2.44. The molecule has 0 spiro atoms. The molecule has 2 aromatic rings. The van der Waals surface area contributed by atoms with Crippen LogP contribution in [-0.2, 0) is 6.54 Å². The molecule has 1 saturated heterocycles. The molecule has 109 valence electrons. The van der Waals surface area contributed by atoms with Crippen LogP contribution in [0.5, 0.6) is 0 Å². The van der Waals surface area contributed by atoms with Gasteiger partial charge in [-0.1, -0.05) is 0 Å². The number of hydrogen-bond acceptors (Lipinski definition) is 5. The van der Waals surface area contributed by atoms with Crippen molar-refractivity contribution < 1.29 is 0 Å². The summed E-state index contributed by atoms with van der Waals surface area (Å²) in [5.74, 6) is 1.71. The fraction of sp³-hybridized carbons (Fsp3) is 0.400. The van der Waals surface area contributed by atoms with Crippen molar-refractivity contribution in [1.82, 2.24) is 15.0 Å². The minimum absolute atomic E-state index is 0.465. The summed E-state index contributed by atoms with van der Waals surface area (Å²) < 4.78 is 0.890. The Bertz CT molecular complexity index is 577. The van der Waals surface area contributed by atoms with Crippen LogP contribution in [0.25, 0.3) is 0 Å². The molecule has 5 nitrogen and oxygen atoms in total. The Balaban J connectivity index is 1.63. The number of hydrogen-bond donors (Lipinski definition) is 1. The van der Waals surface area contributed by atoms with Gasteiger partial charge in [-0.2, -0.15) is 0 Å². The second-order valence-electron chi connectivity index (χ2n) is 5.06. The van der Waals surface area contributed by atoms with Gasteiger partial charge in [-0.25, -0.2) is 0 Å². The van der Waals surface area contributed by atoms with E-state index in [0.29, 0.717) is 28.2 Å². The summed E-state index contributed by atoms with van der Waals surface area (Å²) in [4.78, 5) is 15.6. The molecule has 1 aliphatic heterocycles. The van der Waals surface area contributed by atoms with Crippen molar-refractivity contribution in [1.29, 1.82) is 0 Å². The topological polar surface area (TPSA) is 53.9 Å². The third-order valence-corrected chi connectivity index (χ3v) is 6.06. The van der Waals surface area contributed by atoms with Crippen molar-refractivity contribution in [2.75, 3.05) is 23.3 Å². The van der Waals surface area contributed by atoms with Gasteiger partial charge < -0.3 is 0 Å². The molecule has 1 radical (unpaired) electrons. The number of pyridine rings is 1. The van der Waals surface area contributed by atoms with Gasteiger partial charge >= 0.3 is 132 Å². The third-order valence-electron chi connectivity index (χ3n) is 3.65. The van der Waals surface area contributed by atoms with E-state index < -0.39 is 0 Å². The molecule has 3 rings (SSSR count).